The lowest BCUT2D eigenvalue weighted by atomic mass is 9.88. The van der Waals surface area contributed by atoms with Gasteiger partial charge in [0.05, 0.1) is 6.07 Å². The first-order valence-corrected chi connectivity index (χ1v) is 4.83. The first kappa shape index (κ1) is 9.54. The van der Waals surface area contributed by atoms with Gasteiger partial charge in [-0.25, -0.2) is 0 Å². The van der Waals surface area contributed by atoms with Crippen molar-refractivity contribution in [3.63, 3.8) is 0 Å². The van der Waals surface area contributed by atoms with Crippen LogP contribution in [0.15, 0.2) is 0 Å². The van der Waals surface area contributed by atoms with Crippen molar-refractivity contribution in [2.75, 3.05) is 19.6 Å². The van der Waals surface area contributed by atoms with E-state index in [1.165, 1.54) is 13.1 Å². The van der Waals surface area contributed by atoms with E-state index in [1.54, 1.807) is 0 Å². The van der Waals surface area contributed by atoms with Crippen LogP contribution in [0.5, 0.6) is 0 Å². The highest BCUT2D eigenvalue weighted by molar-refractivity contribution is 4.82. The van der Waals surface area contributed by atoms with E-state index >= 15 is 0 Å². The number of hydrogen-bond acceptors (Lipinski definition) is 2. The zero-order chi connectivity index (χ0) is 8.97. The van der Waals surface area contributed by atoms with Crippen LogP contribution in [0.3, 0.4) is 0 Å². The number of nitriles is 1. The molecular formula is C10H18N2. The first-order valence-electron chi connectivity index (χ1n) is 4.83. The van der Waals surface area contributed by atoms with Gasteiger partial charge in [-0.3, -0.25) is 0 Å². The van der Waals surface area contributed by atoms with E-state index in [9.17, 15) is 0 Å². The maximum Gasteiger partial charge on any atom is 0.0622 e. The summed E-state index contributed by atoms with van der Waals surface area (Å²) in [7, 11) is 0. The number of nitrogens with zero attached hydrogens (tertiary/aromatic N) is 2. The van der Waals surface area contributed by atoms with Crippen molar-refractivity contribution in [1.82, 2.24) is 4.90 Å². The molecule has 0 aliphatic carbocycles. The van der Waals surface area contributed by atoms with Gasteiger partial charge >= 0.3 is 0 Å². The summed E-state index contributed by atoms with van der Waals surface area (Å²) in [6.45, 7) is 8.21. The highest BCUT2D eigenvalue weighted by Crippen LogP contribution is 2.23. The number of likely N-dealkylation sites (tertiary alicyclic amines) is 1. The third-order valence-corrected chi connectivity index (χ3v) is 2.69. The molecule has 0 atom stereocenters. The summed E-state index contributed by atoms with van der Waals surface area (Å²) in [6, 6.07) is 2.18. The summed E-state index contributed by atoms with van der Waals surface area (Å²) >= 11 is 0. The molecule has 0 saturated carbocycles. The largest absolute Gasteiger partial charge is 0.303 e. The van der Waals surface area contributed by atoms with Crippen molar-refractivity contribution in [3.05, 3.63) is 0 Å². The SMILES string of the molecule is CC(C)C1CN(CCCC#N)C1. The van der Waals surface area contributed by atoms with E-state index in [0.717, 1.165) is 24.8 Å². The number of hydrogen-bond donors (Lipinski definition) is 0. The van der Waals surface area contributed by atoms with Crippen LogP contribution < -0.4 is 0 Å². The second kappa shape index (κ2) is 4.47. The van der Waals surface area contributed by atoms with Gasteiger partial charge in [0.1, 0.15) is 0 Å². The highest BCUT2D eigenvalue weighted by atomic mass is 15.2. The summed E-state index contributed by atoms with van der Waals surface area (Å²) in [5.41, 5.74) is 0. The molecule has 2 heteroatoms. The maximum absolute atomic E-state index is 8.34. The van der Waals surface area contributed by atoms with Crippen molar-refractivity contribution in [2.24, 2.45) is 11.8 Å². The molecule has 0 aromatic heterocycles. The predicted octanol–water partition coefficient (Wildman–Crippen LogP) is 1.88. The molecule has 0 bridgehead atoms. The Morgan fingerprint density at radius 2 is 2.17 bits per heavy atom. The van der Waals surface area contributed by atoms with Crippen LogP contribution in [0.2, 0.25) is 0 Å². The fourth-order valence-electron chi connectivity index (χ4n) is 1.60. The van der Waals surface area contributed by atoms with E-state index in [-0.39, 0.29) is 0 Å². The van der Waals surface area contributed by atoms with Gasteiger partial charge in [-0.15, -0.1) is 0 Å². The summed E-state index contributed by atoms with van der Waals surface area (Å²) in [5, 5.41) is 8.34. The fraction of sp³-hybridized carbons (Fsp3) is 0.900. The molecule has 0 N–H and O–H groups in total. The van der Waals surface area contributed by atoms with Crippen molar-refractivity contribution < 1.29 is 0 Å². The van der Waals surface area contributed by atoms with Crippen molar-refractivity contribution in [3.8, 4) is 6.07 Å². The van der Waals surface area contributed by atoms with E-state index in [1.807, 2.05) is 0 Å². The van der Waals surface area contributed by atoms with Crippen LogP contribution in [0.1, 0.15) is 26.7 Å². The molecule has 0 aromatic carbocycles. The lowest BCUT2D eigenvalue weighted by Gasteiger charge is -2.41. The number of rotatable bonds is 4. The van der Waals surface area contributed by atoms with E-state index in [2.05, 4.69) is 24.8 Å². The maximum atomic E-state index is 8.34. The Hall–Kier alpha value is -0.550. The molecule has 0 radical (unpaired) electrons. The predicted molar refractivity (Wildman–Crippen MR) is 49.6 cm³/mol. The molecule has 0 spiro atoms. The third-order valence-electron chi connectivity index (χ3n) is 2.69. The second-order valence-electron chi connectivity index (χ2n) is 4.03. The third kappa shape index (κ3) is 2.49. The molecule has 2 nitrogen and oxygen atoms in total. The average molecular weight is 166 g/mol. The Bertz CT molecular complexity index is 163. The molecule has 1 rings (SSSR count). The van der Waals surface area contributed by atoms with Gasteiger partial charge in [-0.2, -0.15) is 5.26 Å². The van der Waals surface area contributed by atoms with Crippen LogP contribution >= 0.6 is 0 Å². The van der Waals surface area contributed by atoms with Crippen molar-refractivity contribution in [2.45, 2.75) is 26.7 Å². The van der Waals surface area contributed by atoms with Gasteiger partial charge in [0.25, 0.3) is 0 Å². The first-order chi connectivity index (χ1) is 5.74. The summed E-state index contributed by atoms with van der Waals surface area (Å²) in [6.07, 6.45) is 1.75. The highest BCUT2D eigenvalue weighted by Gasteiger charge is 2.27. The molecular weight excluding hydrogens is 148 g/mol. The Balaban J connectivity index is 1.99. The van der Waals surface area contributed by atoms with Gasteiger partial charge < -0.3 is 4.90 Å². The molecule has 12 heavy (non-hydrogen) atoms. The minimum atomic E-state index is 0.711. The standard InChI is InChI=1S/C10H18N2/c1-9(2)10-7-12(8-10)6-4-3-5-11/h9-10H,3-4,6-8H2,1-2H3. The van der Waals surface area contributed by atoms with E-state index < -0.39 is 0 Å². The van der Waals surface area contributed by atoms with Crippen LogP contribution in [0, 0.1) is 23.2 Å². The Labute approximate surface area is 75.2 Å². The molecule has 0 aromatic rings. The Morgan fingerprint density at radius 3 is 2.67 bits per heavy atom. The van der Waals surface area contributed by atoms with Gasteiger partial charge in [-0.05, 0) is 24.8 Å². The van der Waals surface area contributed by atoms with E-state index in [4.69, 9.17) is 5.26 Å². The molecule has 1 aliphatic heterocycles. The molecule has 1 aliphatic rings. The monoisotopic (exact) mass is 166 g/mol. The van der Waals surface area contributed by atoms with Crippen molar-refractivity contribution >= 4 is 0 Å². The Kier molecular flexibility index (Phi) is 3.55. The molecule has 0 amide bonds. The molecule has 0 unspecified atom stereocenters. The topological polar surface area (TPSA) is 27.0 Å². The van der Waals surface area contributed by atoms with Gasteiger partial charge in [-0.1, -0.05) is 13.8 Å². The van der Waals surface area contributed by atoms with Gasteiger partial charge in [0.2, 0.25) is 0 Å². The van der Waals surface area contributed by atoms with Crippen LogP contribution in [0.25, 0.3) is 0 Å². The zero-order valence-electron chi connectivity index (χ0n) is 8.08. The molecule has 68 valence electrons. The average Bonchev–Trinajstić information content (AvgIpc) is 1.93. The summed E-state index contributed by atoms with van der Waals surface area (Å²) in [5.74, 6) is 1.74. The summed E-state index contributed by atoms with van der Waals surface area (Å²) in [4.78, 5) is 2.45. The fourth-order valence-corrected chi connectivity index (χ4v) is 1.60. The van der Waals surface area contributed by atoms with Gasteiger partial charge in [0, 0.05) is 19.5 Å². The minimum absolute atomic E-state index is 0.711. The van der Waals surface area contributed by atoms with Crippen LogP contribution in [-0.2, 0) is 0 Å². The lowest BCUT2D eigenvalue weighted by molar-refractivity contribution is 0.0681. The number of unbranched alkanes of at least 4 members (excludes halogenated alkanes) is 1. The molecule has 1 heterocycles. The molecule has 1 saturated heterocycles. The quantitative estimate of drug-likeness (QED) is 0.596. The second-order valence-corrected chi connectivity index (χ2v) is 4.03. The van der Waals surface area contributed by atoms with Crippen molar-refractivity contribution in [1.29, 1.82) is 5.26 Å². The zero-order valence-corrected chi connectivity index (χ0v) is 8.08. The normalized spacial score (nSPS) is 19.2. The van der Waals surface area contributed by atoms with Gasteiger partial charge in [0.15, 0.2) is 0 Å². The van der Waals surface area contributed by atoms with E-state index in [0.29, 0.717) is 6.42 Å². The lowest BCUT2D eigenvalue weighted by Crippen LogP contribution is -2.49. The van der Waals surface area contributed by atoms with Crippen LogP contribution in [-0.4, -0.2) is 24.5 Å². The molecule has 1 fully saturated rings. The Morgan fingerprint density at radius 1 is 1.50 bits per heavy atom. The summed E-state index contributed by atoms with van der Waals surface area (Å²) < 4.78 is 0. The van der Waals surface area contributed by atoms with Crippen LogP contribution in [0.4, 0.5) is 0 Å². The minimum Gasteiger partial charge on any atom is -0.303 e. The smallest absolute Gasteiger partial charge is 0.0622 e.